The molecular weight excluding hydrogens is 196 g/mol. The first-order valence-corrected chi connectivity index (χ1v) is 5.02. The van der Waals surface area contributed by atoms with Crippen molar-refractivity contribution in [2.75, 3.05) is 0 Å². The van der Waals surface area contributed by atoms with Crippen molar-refractivity contribution in [1.82, 2.24) is 0 Å². The largest absolute Gasteiger partial charge is 0.392 e. The summed E-state index contributed by atoms with van der Waals surface area (Å²) in [5.74, 6) is 5.88. The second-order valence-corrected chi connectivity index (χ2v) is 3.51. The highest BCUT2D eigenvalue weighted by Crippen LogP contribution is 2.09. The first-order chi connectivity index (χ1) is 6.72. The molecule has 1 N–H and O–H groups in total. The summed E-state index contributed by atoms with van der Waals surface area (Å²) in [6.07, 6.45) is 0.939. The Labute approximate surface area is 89.7 Å². The Morgan fingerprint density at radius 3 is 2.93 bits per heavy atom. The number of halogens is 1. The third-order valence-electron chi connectivity index (χ3n) is 1.87. The molecule has 0 fully saturated rings. The molecule has 0 aliphatic carbocycles. The summed E-state index contributed by atoms with van der Waals surface area (Å²) < 4.78 is 0. The Bertz CT molecular complexity index is 349. The maximum atomic E-state index is 9.26. The molecule has 0 heterocycles. The van der Waals surface area contributed by atoms with E-state index < -0.39 is 0 Å². The van der Waals surface area contributed by atoms with E-state index in [1.54, 1.807) is 0 Å². The highest BCUT2D eigenvalue weighted by Gasteiger charge is 1.95. The predicted molar refractivity (Wildman–Crippen MR) is 59.2 cm³/mol. The van der Waals surface area contributed by atoms with Gasteiger partial charge in [0.1, 0.15) is 0 Å². The number of aliphatic hydroxyl groups is 1. The zero-order valence-electron chi connectivity index (χ0n) is 8.13. The topological polar surface area (TPSA) is 20.2 Å². The zero-order valence-corrected chi connectivity index (χ0v) is 8.88. The van der Waals surface area contributed by atoms with E-state index in [0.29, 0.717) is 11.4 Å². The lowest BCUT2D eigenvalue weighted by Gasteiger charge is -1.99. The van der Waals surface area contributed by atoms with E-state index in [4.69, 9.17) is 11.6 Å². The van der Waals surface area contributed by atoms with Gasteiger partial charge in [0.2, 0.25) is 0 Å². The SMILES string of the molecule is CCC(O)CC#Cc1cccc(Cl)c1. The Morgan fingerprint density at radius 2 is 2.29 bits per heavy atom. The first kappa shape index (κ1) is 11.1. The summed E-state index contributed by atoms with van der Waals surface area (Å²) in [4.78, 5) is 0. The van der Waals surface area contributed by atoms with Crippen LogP contribution in [0.3, 0.4) is 0 Å². The fourth-order valence-corrected chi connectivity index (χ4v) is 1.17. The van der Waals surface area contributed by atoms with Crippen LogP contribution in [0.5, 0.6) is 0 Å². The molecule has 0 saturated carbocycles. The number of hydrogen-bond donors (Lipinski definition) is 1. The summed E-state index contributed by atoms with van der Waals surface area (Å²) in [5, 5.41) is 9.95. The van der Waals surface area contributed by atoms with Crippen LogP contribution in [0.1, 0.15) is 25.3 Å². The molecule has 0 amide bonds. The quantitative estimate of drug-likeness (QED) is 0.742. The van der Waals surface area contributed by atoms with Gasteiger partial charge < -0.3 is 5.11 Å². The lowest BCUT2D eigenvalue weighted by Crippen LogP contribution is -2.01. The van der Waals surface area contributed by atoms with Crippen LogP contribution in [-0.4, -0.2) is 11.2 Å². The maximum absolute atomic E-state index is 9.26. The number of rotatable bonds is 2. The lowest BCUT2D eigenvalue weighted by molar-refractivity contribution is 0.176. The molecule has 1 aromatic rings. The average Bonchev–Trinajstić information content (AvgIpc) is 2.17. The van der Waals surface area contributed by atoms with Crippen molar-refractivity contribution in [2.45, 2.75) is 25.9 Å². The molecule has 0 saturated heterocycles. The molecule has 1 rings (SSSR count). The second-order valence-electron chi connectivity index (χ2n) is 3.08. The van der Waals surface area contributed by atoms with Crippen LogP contribution in [0, 0.1) is 11.8 Å². The van der Waals surface area contributed by atoms with Gasteiger partial charge in [-0.3, -0.25) is 0 Å². The van der Waals surface area contributed by atoms with Crippen LogP contribution in [0.2, 0.25) is 5.02 Å². The van der Waals surface area contributed by atoms with Crippen molar-refractivity contribution in [3.05, 3.63) is 34.9 Å². The summed E-state index contributed by atoms with van der Waals surface area (Å²) in [7, 11) is 0. The molecule has 1 unspecified atom stereocenters. The molecule has 2 heteroatoms. The van der Waals surface area contributed by atoms with E-state index >= 15 is 0 Å². The monoisotopic (exact) mass is 208 g/mol. The minimum absolute atomic E-state index is 0.318. The van der Waals surface area contributed by atoms with Gasteiger partial charge in [-0.1, -0.05) is 36.4 Å². The highest BCUT2D eigenvalue weighted by molar-refractivity contribution is 6.30. The van der Waals surface area contributed by atoms with Crippen LogP contribution >= 0.6 is 11.6 Å². The van der Waals surface area contributed by atoms with E-state index in [1.165, 1.54) is 0 Å². The van der Waals surface area contributed by atoms with Crippen LogP contribution < -0.4 is 0 Å². The summed E-state index contributed by atoms with van der Waals surface area (Å²) >= 11 is 5.80. The molecule has 0 aliphatic rings. The normalized spacial score (nSPS) is 11.6. The van der Waals surface area contributed by atoms with Crippen molar-refractivity contribution in [3.8, 4) is 11.8 Å². The van der Waals surface area contributed by atoms with Crippen LogP contribution in [0.15, 0.2) is 24.3 Å². The molecule has 0 bridgehead atoms. The van der Waals surface area contributed by atoms with Crippen LogP contribution in [-0.2, 0) is 0 Å². The van der Waals surface area contributed by atoms with E-state index in [9.17, 15) is 5.11 Å². The van der Waals surface area contributed by atoms with Crippen LogP contribution in [0.25, 0.3) is 0 Å². The number of benzene rings is 1. The third-order valence-corrected chi connectivity index (χ3v) is 2.10. The molecule has 0 aliphatic heterocycles. The first-order valence-electron chi connectivity index (χ1n) is 4.65. The molecule has 1 atom stereocenters. The molecule has 74 valence electrons. The van der Waals surface area contributed by atoms with Gasteiger partial charge in [-0.05, 0) is 24.6 Å². The van der Waals surface area contributed by atoms with Gasteiger partial charge >= 0.3 is 0 Å². The maximum Gasteiger partial charge on any atom is 0.0646 e. The summed E-state index contributed by atoms with van der Waals surface area (Å²) in [5.41, 5.74) is 0.890. The average molecular weight is 209 g/mol. The van der Waals surface area contributed by atoms with Gasteiger partial charge in [-0.25, -0.2) is 0 Å². The minimum Gasteiger partial charge on any atom is -0.392 e. The van der Waals surface area contributed by atoms with Gasteiger partial charge in [0.15, 0.2) is 0 Å². The molecule has 14 heavy (non-hydrogen) atoms. The Balaban J connectivity index is 2.59. The number of aliphatic hydroxyl groups excluding tert-OH is 1. The molecule has 0 spiro atoms. The van der Waals surface area contributed by atoms with E-state index in [0.717, 1.165) is 12.0 Å². The molecule has 1 aromatic carbocycles. The van der Waals surface area contributed by atoms with Gasteiger partial charge in [-0.15, -0.1) is 0 Å². The lowest BCUT2D eigenvalue weighted by atomic mass is 10.2. The van der Waals surface area contributed by atoms with Crippen molar-refractivity contribution < 1.29 is 5.11 Å². The van der Waals surface area contributed by atoms with Gasteiger partial charge in [-0.2, -0.15) is 0 Å². The van der Waals surface area contributed by atoms with Gasteiger partial charge in [0.25, 0.3) is 0 Å². The van der Waals surface area contributed by atoms with Crippen molar-refractivity contribution in [3.63, 3.8) is 0 Å². The minimum atomic E-state index is -0.318. The third kappa shape index (κ3) is 3.83. The van der Waals surface area contributed by atoms with E-state index in [-0.39, 0.29) is 6.10 Å². The van der Waals surface area contributed by atoms with E-state index in [1.807, 2.05) is 31.2 Å². The molecular formula is C12H13ClO. The molecule has 0 radical (unpaired) electrons. The molecule has 0 aromatic heterocycles. The summed E-state index contributed by atoms with van der Waals surface area (Å²) in [6.45, 7) is 1.94. The number of hydrogen-bond acceptors (Lipinski definition) is 1. The predicted octanol–water partition coefficient (Wildman–Crippen LogP) is 2.85. The Kier molecular flexibility index (Phi) is 4.52. The zero-order chi connectivity index (χ0) is 10.4. The second kappa shape index (κ2) is 5.70. The van der Waals surface area contributed by atoms with Crippen molar-refractivity contribution in [1.29, 1.82) is 0 Å². The standard InChI is InChI=1S/C12H13ClO/c1-2-12(14)8-4-6-10-5-3-7-11(13)9-10/h3,5,7,9,12,14H,2,8H2,1H3. The van der Waals surface area contributed by atoms with Gasteiger partial charge in [0, 0.05) is 17.0 Å². The van der Waals surface area contributed by atoms with Crippen LogP contribution in [0.4, 0.5) is 0 Å². The molecule has 1 nitrogen and oxygen atoms in total. The van der Waals surface area contributed by atoms with Gasteiger partial charge in [0.05, 0.1) is 6.10 Å². The van der Waals surface area contributed by atoms with Crippen molar-refractivity contribution >= 4 is 11.6 Å². The Morgan fingerprint density at radius 1 is 1.50 bits per heavy atom. The van der Waals surface area contributed by atoms with Crippen molar-refractivity contribution in [2.24, 2.45) is 0 Å². The Hall–Kier alpha value is -0.970. The smallest absolute Gasteiger partial charge is 0.0646 e. The fraction of sp³-hybridized carbons (Fsp3) is 0.333. The highest BCUT2D eigenvalue weighted by atomic mass is 35.5. The summed E-state index contributed by atoms with van der Waals surface area (Å²) in [6, 6.07) is 7.39. The fourth-order valence-electron chi connectivity index (χ4n) is 0.981. The van der Waals surface area contributed by atoms with E-state index in [2.05, 4.69) is 11.8 Å².